The van der Waals surface area contributed by atoms with E-state index < -0.39 is 11.9 Å². The van der Waals surface area contributed by atoms with Crippen LogP contribution in [0.4, 0.5) is 0 Å². The van der Waals surface area contributed by atoms with Crippen molar-refractivity contribution in [1.82, 2.24) is 0 Å². The number of hydrogen-bond donors (Lipinski definition) is 2. The van der Waals surface area contributed by atoms with Gasteiger partial charge in [0.25, 0.3) is 0 Å². The van der Waals surface area contributed by atoms with E-state index in [0.717, 1.165) is 0 Å². The highest BCUT2D eigenvalue weighted by Crippen LogP contribution is 2.40. The molecule has 0 aliphatic heterocycles. The van der Waals surface area contributed by atoms with E-state index in [1.165, 1.54) is 146 Å². The Labute approximate surface area is 289 Å². The van der Waals surface area contributed by atoms with Gasteiger partial charge in [0.1, 0.15) is 0 Å². The maximum Gasteiger partial charge on any atom is 0.336 e. The van der Waals surface area contributed by atoms with E-state index in [2.05, 4.69) is 55.4 Å². The summed E-state index contributed by atoms with van der Waals surface area (Å²) in [5.74, 6) is -2.00. The molecule has 46 heavy (non-hydrogen) atoms. The van der Waals surface area contributed by atoms with E-state index >= 15 is 0 Å². The predicted octanol–water partition coefficient (Wildman–Crippen LogP) is 10.8. The van der Waals surface area contributed by atoms with Crippen LogP contribution >= 0.6 is 21.6 Å². The molecule has 0 spiro atoms. The molecule has 6 nitrogen and oxygen atoms in total. The molecule has 262 valence electrons. The van der Waals surface area contributed by atoms with Crippen molar-refractivity contribution in [2.75, 3.05) is 52.4 Å². The van der Waals surface area contributed by atoms with Crippen molar-refractivity contribution in [2.24, 2.45) is 0 Å². The second-order valence-corrected chi connectivity index (χ2v) is 14.5. The smallest absolute Gasteiger partial charge is 0.336 e. The lowest BCUT2D eigenvalue weighted by molar-refractivity contribution is -0.928. The summed E-state index contributed by atoms with van der Waals surface area (Å²) in [6.45, 7) is 29.6. The third-order valence-electron chi connectivity index (χ3n) is 8.04. The Bertz CT molecular complexity index is 951. The number of benzene rings is 2. The summed E-state index contributed by atoms with van der Waals surface area (Å²) in [6, 6.07) is 13.3. The molecule has 0 saturated heterocycles. The number of rotatable bonds is 21. The highest BCUT2D eigenvalue weighted by atomic mass is 33.1. The summed E-state index contributed by atoms with van der Waals surface area (Å²) in [7, 11) is 2.47. The van der Waals surface area contributed by atoms with Crippen molar-refractivity contribution >= 4 is 33.5 Å². The molecule has 2 aromatic carbocycles. The van der Waals surface area contributed by atoms with Gasteiger partial charge in [0.2, 0.25) is 0 Å². The van der Waals surface area contributed by atoms with E-state index in [1.807, 2.05) is 0 Å². The van der Waals surface area contributed by atoms with Gasteiger partial charge in [-0.05, 0) is 75.6 Å². The summed E-state index contributed by atoms with van der Waals surface area (Å²) >= 11 is 0. The van der Waals surface area contributed by atoms with E-state index in [0.29, 0.717) is 9.79 Å². The molecular formula is C38H66N2O4S2+2. The molecule has 0 radical (unpaired) electrons. The van der Waals surface area contributed by atoms with Gasteiger partial charge >= 0.3 is 11.9 Å². The molecule has 0 bridgehead atoms. The Morgan fingerprint density at radius 3 is 0.870 bits per heavy atom. The normalized spacial score (nSPS) is 11.2. The van der Waals surface area contributed by atoms with E-state index in [9.17, 15) is 9.59 Å². The van der Waals surface area contributed by atoms with Crippen LogP contribution in [-0.2, 0) is 0 Å². The van der Waals surface area contributed by atoms with E-state index in [1.54, 1.807) is 36.4 Å². The van der Waals surface area contributed by atoms with Crippen LogP contribution in [0.2, 0.25) is 0 Å². The third kappa shape index (κ3) is 16.7. The van der Waals surface area contributed by atoms with Gasteiger partial charge in [-0.2, -0.15) is 0 Å². The quantitative estimate of drug-likeness (QED) is 0.101. The van der Waals surface area contributed by atoms with Gasteiger partial charge in [0.15, 0.2) is 0 Å². The van der Waals surface area contributed by atoms with Gasteiger partial charge in [0, 0.05) is 9.79 Å². The SMILES string of the molecule is CCC[N+](CCC)(CCC)CCC.CCC[N+](CCC)(CCC)CCC.O=C(O)c1ccccc1SSc1ccccc1C(=O)O. The molecular weight excluding hydrogens is 613 g/mol. The number of aromatic carboxylic acids is 2. The molecule has 8 heteroatoms. The van der Waals surface area contributed by atoms with Crippen molar-refractivity contribution in [3.63, 3.8) is 0 Å². The first-order chi connectivity index (χ1) is 22.1. The van der Waals surface area contributed by atoms with Crippen LogP contribution in [0.25, 0.3) is 0 Å². The molecule has 0 aliphatic carbocycles. The summed E-state index contributed by atoms with van der Waals surface area (Å²) < 4.78 is 2.75. The average Bonchev–Trinajstić information content (AvgIpc) is 3.02. The number of carbonyl (C=O) groups is 2. The van der Waals surface area contributed by atoms with Crippen LogP contribution in [0.3, 0.4) is 0 Å². The Balaban J connectivity index is 0.000000691. The van der Waals surface area contributed by atoms with Gasteiger partial charge in [-0.1, -0.05) is 101 Å². The summed E-state index contributed by atoms with van der Waals surface area (Å²) in [5.41, 5.74) is 0.413. The number of quaternary nitrogens is 2. The van der Waals surface area contributed by atoms with Crippen molar-refractivity contribution in [3.8, 4) is 0 Å². The molecule has 0 amide bonds. The first kappa shape index (κ1) is 44.0. The maximum atomic E-state index is 11.1. The Kier molecular flexibility index (Phi) is 24.9. The molecule has 0 fully saturated rings. The minimum Gasteiger partial charge on any atom is -0.478 e. The molecule has 0 aliphatic rings. The Morgan fingerprint density at radius 1 is 0.457 bits per heavy atom. The minimum absolute atomic E-state index is 0.206. The van der Waals surface area contributed by atoms with Crippen LogP contribution in [0.15, 0.2) is 58.3 Å². The van der Waals surface area contributed by atoms with E-state index in [-0.39, 0.29) is 11.1 Å². The largest absolute Gasteiger partial charge is 0.478 e. The minimum atomic E-state index is -1.000. The fourth-order valence-electron chi connectivity index (χ4n) is 6.66. The first-order valence-electron chi connectivity index (χ1n) is 17.8. The molecule has 2 N–H and O–H groups in total. The Hall–Kier alpha value is -2.00. The number of hydrogen-bond acceptors (Lipinski definition) is 4. The van der Waals surface area contributed by atoms with Gasteiger partial charge in [-0.25, -0.2) is 9.59 Å². The molecule has 0 heterocycles. The van der Waals surface area contributed by atoms with Gasteiger partial charge in [-0.3, -0.25) is 0 Å². The third-order valence-corrected chi connectivity index (χ3v) is 10.5. The zero-order valence-corrected chi connectivity index (χ0v) is 32.0. The number of carboxylic acids is 2. The number of nitrogens with zero attached hydrogens (tertiary/aromatic N) is 2. The molecule has 0 unspecified atom stereocenters. The van der Waals surface area contributed by atoms with Crippen molar-refractivity contribution in [2.45, 2.75) is 117 Å². The average molecular weight is 679 g/mol. The van der Waals surface area contributed by atoms with Gasteiger partial charge < -0.3 is 19.2 Å². The monoisotopic (exact) mass is 678 g/mol. The highest BCUT2D eigenvalue weighted by Gasteiger charge is 2.23. The van der Waals surface area contributed by atoms with Crippen molar-refractivity contribution < 1.29 is 28.8 Å². The predicted molar refractivity (Wildman–Crippen MR) is 200 cm³/mol. The van der Waals surface area contributed by atoms with E-state index in [4.69, 9.17) is 10.2 Å². The maximum absolute atomic E-state index is 11.1. The fourth-order valence-corrected chi connectivity index (χ4v) is 9.01. The van der Waals surface area contributed by atoms with Gasteiger partial charge in [0.05, 0.1) is 63.5 Å². The molecule has 0 saturated carbocycles. The van der Waals surface area contributed by atoms with Crippen LogP contribution in [0, 0.1) is 0 Å². The van der Waals surface area contributed by atoms with Crippen molar-refractivity contribution in [1.29, 1.82) is 0 Å². The second kappa shape index (κ2) is 26.0. The Morgan fingerprint density at radius 2 is 0.674 bits per heavy atom. The molecule has 0 aromatic heterocycles. The summed E-state index contributed by atoms with van der Waals surface area (Å²) in [5, 5.41) is 18.2. The number of carboxylic acid groups (broad SMARTS) is 2. The first-order valence-corrected chi connectivity index (χ1v) is 19.9. The van der Waals surface area contributed by atoms with Crippen LogP contribution in [0.1, 0.15) is 127 Å². The topological polar surface area (TPSA) is 74.6 Å². The lowest BCUT2D eigenvalue weighted by Crippen LogP contribution is -2.50. The van der Waals surface area contributed by atoms with Crippen LogP contribution in [0.5, 0.6) is 0 Å². The molecule has 0 atom stereocenters. The second-order valence-electron chi connectivity index (χ2n) is 12.2. The zero-order valence-electron chi connectivity index (χ0n) is 30.4. The zero-order chi connectivity index (χ0) is 34.8. The van der Waals surface area contributed by atoms with Crippen LogP contribution < -0.4 is 0 Å². The highest BCUT2D eigenvalue weighted by molar-refractivity contribution is 8.76. The summed E-state index contributed by atoms with van der Waals surface area (Å²) in [4.78, 5) is 23.4. The molecule has 2 rings (SSSR count). The standard InChI is InChI=1S/C14H10O4S2.2C12H28N/c15-13(16)9-5-1-3-7-11(9)19-20-12-8-4-2-6-10(12)14(17)18;2*1-5-9-13(10-6-2,11-7-3)12-8-4/h1-8H,(H,15,16)(H,17,18);2*5-12H2,1-4H3/q;2*+1. The molecule has 2 aromatic rings. The fraction of sp³-hybridized carbons (Fsp3) is 0.632. The van der Waals surface area contributed by atoms with Crippen LogP contribution in [-0.4, -0.2) is 83.5 Å². The lowest BCUT2D eigenvalue weighted by Gasteiger charge is -2.38. The van der Waals surface area contributed by atoms with Gasteiger partial charge in [-0.15, -0.1) is 0 Å². The lowest BCUT2D eigenvalue weighted by atomic mass is 10.2. The van der Waals surface area contributed by atoms with Crippen molar-refractivity contribution in [3.05, 3.63) is 59.7 Å². The summed E-state index contributed by atoms with van der Waals surface area (Å²) in [6.07, 6.45) is 10.7.